The number of fused-ring (bicyclic) bond motifs is 1. The summed E-state index contributed by atoms with van der Waals surface area (Å²) in [5.41, 5.74) is 1.95. The normalized spacial score (nSPS) is 23.6. The van der Waals surface area contributed by atoms with E-state index in [1.165, 1.54) is 0 Å². The number of rotatable bonds is 12. The molecule has 2 fully saturated rings. The summed E-state index contributed by atoms with van der Waals surface area (Å²) in [6, 6.07) is 18.7. The van der Waals surface area contributed by atoms with Crippen LogP contribution in [0.3, 0.4) is 0 Å². The van der Waals surface area contributed by atoms with Crippen LogP contribution in [0.1, 0.15) is 109 Å². The molecule has 0 saturated heterocycles. The molecule has 268 valence electrons. The molecule has 0 amide bonds. The van der Waals surface area contributed by atoms with E-state index < -0.39 is 11.2 Å². The first-order chi connectivity index (χ1) is 24.1. The molecule has 9 heteroatoms. The van der Waals surface area contributed by atoms with Crippen molar-refractivity contribution in [3.63, 3.8) is 0 Å². The number of carbonyl (C=O) groups is 2. The summed E-state index contributed by atoms with van der Waals surface area (Å²) in [5, 5.41) is 10.9. The molecule has 0 aliphatic heterocycles. The smallest absolute Gasteiger partial charge is 0.309 e. The Balaban J connectivity index is 1.41. The maximum Gasteiger partial charge on any atom is 0.309 e. The Morgan fingerprint density at radius 2 is 1.38 bits per heavy atom. The summed E-state index contributed by atoms with van der Waals surface area (Å²) in [6.45, 7) is 8.18. The van der Waals surface area contributed by atoms with Crippen LogP contribution in [0.15, 0.2) is 54.6 Å². The zero-order valence-corrected chi connectivity index (χ0v) is 31.7. The van der Waals surface area contributed by atoms with Gasteiger partial charge in [-0.05, 0) is 95.8 Å². The third kappa shape index (κ3) is 7.71. The van der Waals surface area contributed by atoms with Crippen LogP contribution < -0.4 is 0 Å². The highest BCUT2D eigenvalue weighted by Crippen LogP contribution is 2.47. The molecule has 0 radical (unpaired) electrons. The lowest BCUT2D eigenvalue weighted by molar-refractivity contribution is -0.168. The molecule has 2 aliphatic rings. The number of carbonyl (C=O) groups excluding carboxylic acids is 2. The Kier molecular flexibility index (Phi) is 11.5. The van der Waals surface area contributed by atoms with E-state index in [-0.39, 0.29) is 36.0 Å². The summed E-state index contributed by atoms with van der Waals surface area (Å²) in [6.07, 6.45) is 7.67. The Hall–Kier alpha value is -3.11. The predicted octanol–water partition coefficient (Wildman–Crippen LogP) is 10.2. The average molecular weight is 718 g/mol. The van der Waals surface area contributed by atoms with Crippen molar-refractivity contribution in [1.82, 2.24) is 4.98 Å². The van der Waals surface area contributed by atoms with E-state index in [1.54, 1.807) is 29.8 Å². The number of hydrogen-bond donors (Lipinski definition) is 1. The maximum atomic E-state index is 13.8. The summed E-state index contributed by atoms with van der Waals surface area (Å²) < 4.78 is 19.5. The van der Waals surface area contributed by atoms with Crippen molar-refractivity contribution in [1.29, 1.82) is 0 Å². The van der Waals surface area contributed by atoms with Gasteiger partial charge in [0, 0.05) is 23.1 Å². The molecule has 2 aromatic heterocycles. The average Bonchev–Trinajstić information content (AvgIpc) is 3.80. The molecule has 4 aromatic rings. The van der Waals surface area contributed by atoms with Gasteiger partial charge in [0.15, 0.2) is 0 Å². The minimum absolute atomic E-state index is 0.143. The van der Waals surface area contributed by atoms with Crippen molar-refractivity contribution in [3.05, 3.63) is 65.7 Å². The molecule has 6 rings (SSSR count). The van der Waals surface area contributed by atoms with E-state index in [2.05, 4.69) is 37.3 Å². The second-order valence-electron chi connectivity index (χ2n) is 14.5. The summed E-state index contributed by atoms with van der Waals surface area (Å²) >= 11 is 3.32. The molecule has 2 aromatic carbocycles. The fourth-order valence-electron chi connectivity index (χ4n) is 7.66. The minimum atomic E-state index is -0.919. The number of aliphatic hydroxyl groups is 1. The van der Waals surface area contributed by atoms with Crippen LogP contribution in [0.2, 0.25) is 0 Å². The largest absolute Gasteiger partial charge is 0.454 e. The highest BCUT2D eigenvalue weighted by Gasteiger charge is 2.40. The van der Waals surface area contributed by atoms with E-state index in [0.717, 1.165) is 73.8 Å². The van der Waals surface area contributed by atoms with Gasteiger partial charge in [-0.1, -0.05) is 62.7 Å². The number of thiazole rings is 1. The predicted molar refractivity (Wildman–Crippen MR) is 201 cm³/mol. The number of hydrogen-bond acceptors (Lipinski definition) is 9. The van der Waals surface area contributed by atoms with E-state index in [0.29, 0.717) is 38.5 Å². The number of aliphatic hydroxyl groups excluding tert-OH is 1. The van der Waals surface area contributed by atoms with Gasteiger partial charge in [0.25, 0.3) is 0 Å². The molecule has 2 saturated carbocycles. The molecular formula is C41H51NO6S2. The van der Waals surface area contributed by atoms with Crippen molar-refractivity contribution in [2.45, 2.75) is 122 Å². The second kappa shape index (κ2) is 15.6. The number of thiophene rings is 1. The fourth-order valence-corrected chi connectivity index (χ4v) is 9.95. The van der Waals surface area contributed by atoms with Crippen molar-refractivity contribution in [2.75, 3.05) is 7.11 Å². The van der Waals surface area contributed by atoms with Crippen molar-refractivity contribution in [2.24, 2.45) is 11.8 Å². The Morgan fingerprint density at radius 1 is 0.780 bits per heavy atom. The molecule has 2 heterocycles. The molecule has 0 spiro atoms. The molecular weight excluding hydrogens is 667 g/mol. The SMILES string of the molecule is CCCC(C)(OC(=O)C1CCC(OC)CC1)c1ccc(C(C)(CC)OC(=O)C2CCC(O)CC2)c2nc(-c3ccc(-c4ccccc4)s3)sc12. The van der Waals surface area contributed by atoms with E-state index in [9.17, 15) is 14.7 Å². The minimum Gasteiger partial charge on any atom is -0.454 e. The van der Waals surface area contributed by atoms with Gasteiger partial charge < -0.3 is 19.3 Å². The monoisotopic (exact) mass is 717 g/mol. The zero-order valence-electron chi connectivity index (χ0n) is 30.0. The van der Waals surface area contributed by atoms with Gasteiger partial charge in [-0.15, -0.1) is 22.7 Å². The van der Waals surface area contributed by atoms with Gasteiger partial charge in [0.1, 0.15) is 16.2 Å². The van der Waals surface area contributed by atoms with E-state index in [4.69, 9.17) is 19.2 Å². The van der Waals surface area contributed by atoms with Gasteiger partial charge in [-0.25, -0.2) is 4.98 Å². The third-order valence-corrected chi connectivity index (χ3v) is 13.4. The van der Waals surface area contributed by atoms with Gasteiger partial charge in [0.2, 0.25) is 0 Å². The molecule has 2 atom stereocenters. The highest BCUT2D eigenvalue weighted by molar-refractivity contribution is 7.26. The van der Waals surface area contributed by atoms with Gasteiger partial charge >= 0.3 is 11.9 Å². The zero-order chi connectivity index (χ0) is 35.5. The topological polar surface area (TPSA) is 95.0 Å². The van der Waals surface area contributed by atoms with Gasteiger partial charge in [0.05, 0.1) is 39.1 Å². The summed E-state index contributed by atoms with van der Waals surface area (Å²) in [5.74, 6) is -0.727. The fraction of sp³-hybridized carbons (Fsp3) is 0.537. The molecule has 7 nitrogen and oxygen atoms in total. The summed E-state index contributed by atoms with van der Waals surface area (Å²) in [4.78, 5) is 34.9. The van der Waals surface area contributed by atoms with Crippen molar-refractivity contribution >= 4 is 44.8 Å². The molecule has 0 bridgehead atoms. The quantitative estimate of drug-likeness (QED) is 0.146. The molecule has 2 unspecified atom stereocenters. The molecule has 2 aliphatic carbocycles. The number of nitrogens with zero attached hydrogens (tertiary/aromatic N) is 1. The van der Waals surface area contributed by atoms with Crippen LogP contribution in [0.5, 0.6) is 0 Å². The standard InChI is InChI=1S/C41H51NO6S2/c1-6-25-41(4,48-39(45)28-15-19-30(46-5)20-16-28)32-22-21-31(40(3,7-2)47-38(44)27-13-17-29(43)18-14-27)35-36(32)50-37(42-35)34-24-23-33(49-34)26-11-9-8-10-12-26/h8-12,21-24,27-30,43H,6-7,13-20,25H2,1-5H3. The number of aromatic nitrogens is 1. The first-order valence-corrected chi connectivity index (χ1v) is 20.0. The molecule has 50 heavy (non-hydrogen) atoms. The lowest BCUT2D eigenvalue weighted by Gasteiger charge is -2.35. The Labute approximate surface area is 304 Å². The van der Waals surface area contributed by atoms with Crippen LogP contribution in [-0.4, -0.2) is 41.3 Å². The second-order valence-corrected chi connectivity index (χ2v) is 16.6. The maximum absolute atomic E-state index is 13.8. The first kappa shape index (κ1) is 36.7. The van der Waals surface area contributed by atoms with Crippen LogP contribution in [0.25, 0.3) is 30.5 Å². The summed E-state index contributed by atoms with van der Waals surface area (Å²) in [7, 11) is 1.74. The number of esters is 2. The first-order valence-electron chi connectivity index (χ1n) is 18.3. The Bertz CT molecular complexity index is 1770. The van der Waals surface area contributed by atoms with Gasteiger partial charge in [-0.3, -0.25) is 9.59 Å². The lowest BCUT2D eigenvalue weighted by Crippen LogP contribution is -2.35. The Morgan fingerprint density at radius 3 is 2.00 bits per heavy atom. The number of benzene rings is 2. The van der Waals surface area contributed by atoms with Gasteiger partial charge in [-0.2, -0.15) is 0 Å². The lowest BCUT2D eigenvalue weighted by atomic mass is 9.84. The van der Waals surface area contributed by atoms with E-state index in [1.807, 2.05) is 45.0 Å². The molecule has 1 N–H and O–H groups in total. The van der Waals surface area contributed by atoms with Crippen LogP contribution in [-0.2, 0) is 35.0 Å². The van der Waals surface area contributed by atoms with Crippen molar-refractivity contribution < 1.29 is 28.9 Å². The van der Waals surface area contributed by atoms with Crippen LogP contribution in [0.4, 0.5) is 0 Å². The number of methoxy groups -OCH3 is 1. The van der Waals surface area contributed by atoms with Crippen molar-refractivity contribution in [3.8, 4) is 20.3 Å². The van der Waals surface area contributed by atoms with Crippen LogP contribution >= 0.6 is 22.7 Å². The van der Waals surface area contributed by atoms with E-state index >= 15 is 0 Å². The number of ether oxygens (including phenoxy) is 3. The van der Waals surface area contributed by atoms with Crippen LogP contribution in [0, 0.1) is 11.8 Å². The third-order valence-electron chi connectivity index (χ3n) is 11.0. The highest BCUT2D eigenvalue weighted by atomic mass is 32.1.